The van der Waals surface area contributed by atoms with E-state index in [0.717, 1.165) is 11.3 Å². The molecule has 108 valence electrons. The molecule has 0 radical (unpaired) electrons. The molecule has 2 N–H and O–H groups in total. The van der Waals surface area contributed by atoms with Gasteiger partial charge in [0.05, 0.1) is 10.6 Å². The van der Waals surface area contributed by atoms with E-state index in [1.54, 1.807) is 12.1 Å². The Morgan fingerprint density at radius 2 is 2.14 bits per heavy atom. The fourth-order valence-corrected chi connectivity index (χ4v) is 2.64. The number of nitro benzene ring substituents is 1. The normalized spacial score (nSPS) is 16.7. The Labute approximate surface area is 119 Å². The highest BCUT2D eigenvalue weighted by Gasteiger charge is 2.31. The van der Waals surface area contributed by atoms with Gasteiger partial charge in [0.25, 0.3) is 5.69 Å². The minimum absolute atomic E-state index is 0.0478. The van der Waals surface area contributed by atoms with Crippen LogP contribution in [0.15, 0.2) is 24.3 Å². The van der Waals surface area contributed by atoms with Gasteiger partial charge in [0.1, 0.15) is 11.7 Å². The fraction of sp³-hybridized carbons (Fsp3) is 0.286. The number of H-pyrrole nitrogens is 1. The summed E-state index contributed by atoms with van der Waals surface area (Å²) in [6, 6.07) is 6.26. The number of aryl methyl sites for hydroxylation is 1. The summed E-state index contributed by atoms with van der Waals surface area (Å²) in [5.74, 6) is -0.677. The third-order valence-electron chi connectivity index (χ3n) is 3.69. The highest BCUT2D eigenvalue weighted by atomic mass is 16.6. The summed E-state index contributed by atoms with van der Waals surface area (Å²) in [5, 5.41) is 19.7. The molecule has 0 saturated carbocycles. The Balaban J connectivity index is 1.79. The number of benzene rings is 1. The molecular weight excluding hydrogens is 274 g/mol. The quantitative estimate of drug-likeness (QED) is 0.660. The molecule has 1 aromatic heterocycles. The first-order valence-corrected chi connectivity index (χ1v) is 6.58. The third kappa shape index (κ3) is 2.49. The molecule has 0 aliphatic heterocycles. The lowest BCUT2D eigenvalue weighted by Crippen LogP contribution is -2.08. The Morgan fingerprint density at radius 3 is 2.76 bits per heavy atom. The first-order valence-electron chi connectivity index (χ1n) is 6.58. The van der Waals surface area contributed by atoms with E-state index >= 15 is 0 Å². The molecule has 0 fully saturated rings. The molecule has 1 aliphatic rings. The molecule has 1 aliphatic carbocycles. The van der Waals surface area contributed by atoms with Crippen LogP contribution in [0.4, 0.5) is 5.69 Å². The van der Waals surface area contributed by atoms with Crippen molar-refractivity contribution in [1.29, 1.82) is 0 Å². The molecule has 7 nitrogen and oxygen atoms in total. The maximum atomic E-state index is 11.1. The summed E-state index contributed by atoms with van der Waals surface area (Å²) >= 11 is 0. The summed E-state index contributed by atoms with van der Waals surface area (Å²) in [7, 11) is 0. The number of aromatic amines is 1. The van der Waals surface area contributed by atoms with Gasteiger partial charge in [-0.2, -0.15) is 0 Å². The molecule has 1 unspecified atom stereocenters. The zero-order chi connectivity index (χ0) is 15.0. The zero-order valence-electron chi connectivity index (χ0n) is 11.1. The lowest BCUT2D eigenvalue weighted by Gasteiger charge is -2.02. The summed E-state index contributed by atoms with van der Waals surface area (Å²) < 4.78 is 0. The number of carboxylic acids is 1. The molecule has 0 saturated heterocycles. The number of carbonyl (C=O) groups is 1. The second kappa shape index (κ2) is 5.01. The molecule has 1 aromatic carbocycles. The number of nitro groups is 1. The number of aliphatic carboxylic acids is 1. The number of fused-ring (bicyclic) bond motifs is 1. The summed E-state index contributed by atoms with van der Waals surface area (Å²) in [6.45, 7) is 0. The number of imidazole rings is 1. The Bertz CT molecular complexity index is 706. The largest absolute Gasteiger partial charge is 0.481 e. The van der Waals surface area contributed by atoms with Crippen LogP contribution in [0, 0.1) is 10.1 Å². The fourth-order valence-electron chi connectivity index (χ4n) is 2.64. The second-order valence-corrected chi connectivity index (χ2v) is 5.08. The number of nitrogens with zero attached hydrogens (tertiary/aromatic N) is 2. The van der Waals surface area contributed by atoms with Crippen LogP contribution >= 0.6 is 0 Å². The average Bonchev–Trinajstić information content (AvgIpc) is 2.98. The van der Waals surface area contributed by atoms with Gasteiger partial charge in [0.2, 0.25) is 0 Å². The van der Waals surface area contributed by atoms with Crippen LogP contribution in [0.5, 0.6) is 0 Å². The van der Waals surface area contributed by atoms with Gasteiger partial charge in [0.15, 0.2) is 0 Å². The van der Waals surface area contributed by atoms with Crippen molar-refractivity contribution in [3.8, 4) is 0 Å². The predicted octanol–water partition coefficient (Wildman–Crippen LogP) is 2.02. The van der Waals surface area contributed by atoms with E-state index in [4.69, 9.17) is 5.11 Å². The van der Waals surface area contributed by atoms with Crippen molar-refractivity contribution >= 4 is 11.7 Å². The van der Waals surface area contributed by atoms with E-state index < -0.39 is 16.8 Å². The summed E-state index contributed by atoms with van der Waals surface area (Å²) in [4.78, 5) is 28.8. The third-order valence-corrected chi connectivity index (χ3v) is 3.69. The van der Waals surface area contributed by atoms with Gasteiger partial charge in [-0.05, 0) is 18.4 Å². The van der Waals surface area contributed by atoms with E-state index in [-0.39, 0.29) is 5.69 Å². The van der Waals surface area contributed by atoms with Gasteiger partial charge in [-0.15, -0.1) is 0 Å². The van der Waals surface area contributed by atoms with Crippen LogP contribution in [0.25, 0.3) is 0 Å². The average molecular weight is 287 g/mol. The highest BCUT2D eigenvalue weighted by Crippen LogP contribution is 2.31. The van der Waals surface area contributed by atoms with Gasteiger partial charge in [0, 0.05) is 24.2 Å². The first kappa shape index (κ1) is 13.3. The highest BCUT2D eigenvalue weighted by molar-refractivity contribution is 5.76. The van der Waals surface area contributed by atoms with Crippen LogP contribution in [-0.4, -0.2) is 26.0 Å². The molecular formula is C14H13N3O4. The number of carboxylic acid groups (broad SMARTS) is 1. The van der Waals surface area contributed by atoms with Crippen molar-refractivity contribution in [1.82, 2.24) is 9.97 Å². The van der Waals surface area contributed by atoms with E-state index in [0.29, 0.717) is 30.8 Å². The zero-order valence-corrected chi connectivity index (χ0v) is 11.1. The number of rotatable bonds is 4. The SMILES string of the molecule is O=C(O)C1CCc2[nH]c(Cc3ccc([N+](=O)[O-])cc3)nc21. The van der Waals surface area contributed by atoms with Crippen LogP contribution < -0.4 is 0 Å². The second-order valence-electron chi connectivity index (χ2n) is 5.08. The van der Waals surface area contributed by atoms with Gasteiger partial charge in [-0.3, -0.25) is 14.9 Å². The molecule has 1 heterocycles. The van der Waals surface area contributed by atoms with Crippen molar-refractivity contribution < 1.29 is 14.8 Å². The van der Waals surface area contributed by atoms with E-state index in [9.17, 15) is 14.9 Å². The van der Waals surface area contributed by atoms with Crippen molar-refractivity contribution in [2.24, 2.45) is 0 Å². The van der Waals surface area contributed by atoms with Crippen LogP contribution in [0.1, 0.15) is 35.1 Å². The number of nitrogens with one attached hydrogen (secondary N) is 1. The van der Waals surface area contributed by atoms with Gasteiger partial charge in [-0.1, -0.05) is 12.1 Å². The Kier molecular flexibility index (Phi) is 3.17. The summed E-state index contributed by atoms with van der Waals surface area (Å²) in [5.41, 5.74) is 2.45. The van der Waals surface area contributed by atoms with E-state index in [1.807, 2.05) is 0 Å². The van der Waals surface area contributed by atoms with Crippen molar-refractivity contribution in [2.45, 2.75) is 25.2 Å². The van der Waals surface area contributed by atoms with E-state index in [2.05, 4.69) is 9.97 Å². The van der Waals surface area contributed by atoms with Crippen molar-refractivity contribution in [2.75, 3.05) is 0 Å². The minimum atomic E-state index is -0.845. The number of non-ortho nitro benzene ring substituents is 1. The van der Waals surface area contributed by atoms with Crippen LogP contribution in [0.3, 0.4) is 0 Å². The first-order chi connectivity index (χ1) is 10.0. The topological polar surface area (TPSA) is 109 Å². The summed E-state index contributed by atoms with van der Waals surface area (Å²) in [6.07, 6.45) is 1.78. The van der Waals surface area contributed by atoms with Crippen molar-refractivity contribution in [3.63, 3.8) is 0 Å². The standard InChI is InChI=1S/C14H13N3O4/c18-14(19)10-5-6-11-13(10)16-12(15-11)7-8-1-3-9(4-2-8)17(20)21/h1-4,10H,5-7H2,(H,15,16)(H,18,19). The van der Waals surface area contributed by atoms with Gasteiger partial charge >= 0.3 is 5.97 Å². The van der Waals surface area contributed by atoms with Crippen molar-refractivity contribution in [3.05, 3.63) is 57.2 Å². The predicted molar refractivity (Wildman–Crippen MR) is 73.2 cm³/mol. The molecule has 1 atom stereocenters. The van der Waals surface area contributed by atoms with Gasteiger partial charge in [-0.25, -0.2) is 4.98 Å². The maximum Gasteiger partial charge on any atom is 0.312 e. The van der Waals surface area contributed by atoms with E-state index in [1.165, 1.54) is 12.1 Å². The Hall–Kier alpha value is -2.70. The number of aromatic nitrogens is 2. The number of hydrogen-bond acceptors (Lipinski definition) is 4. The molecule has 2 aromatic rings. The maximum absolute atomic E-state index is 11.1. The minimum Gasteiger partial charge on any atom is -0.481 e. The monoisotopic (exact) mass is 287 g/mol. The molecule has 7 heteroatoms. The molecule has 0 bridgehead atoms. The molecule has 3 rings (SSSR count). The van der Waals surface area contributed by atoms with Crippen LogP contribution in [-0.2, 0) is 17.6 Å². The molecule has 21 heavy (non-hydrogen) atoms. The van der Waals surface area contributed by atoms with Crippen LogP contribution in [0.2, 0.25) is 0 Å². The Morgan fingerprint density at radius 1 is 1.43 bits per heavy atom. The lowest BCUT2D eigenvalue weighted by molar-refractivity contribution is -0.384. The smallest absolute Gasteiger partial charge is 0.312 e. The molecule has 0 spiro atoms. The number of hydrogen-bond donors (Lipinski definition) is 2. The molecule has 0 amide bonds. The lowest BCUT2D eigenvalue weighted by atomic mass is 10.1. The van der Waals surface area contributed by atoms with Gasteiger partial charge < -0.3 is 10.1 Å².